The summed E-state index contributed by atoms with van der Waals surface area (Å²) in [5.74, 6) is 0.0445. The third kappa shape index (κ3) is 3.72. The number of esters is 1. The Hall–Kier alpha value is -1.52. The van der Waals surface area contributed by atoms with E-state index in [2.05, 4.69) is 5.16 Å². The van der Waals surface area contributed by atoms with Crippen LogP contribution in [0.15, 0.2) is 28.8 Å². The molecule has 0 aliphatic heterocycles. The number of carbonyl (C=O) groups is 1. The van der Waals surface area contributed by atoms with Crippen molar-refractivity contribution in [3.05, 3.63) is 51.3 Å². The van der Waals surface area contributed by atoms with Crippen LogP contribution < -0.4 is 0 Å². The molecule has 0 unspecified atom stereocenters. The SMILES string of the molecule is CCOC(=O)c1cc(Cc2cc(Cl)cc(Cl)c2)on1. The fourth-order valence-corrected chi connectivity index (χ4v) is 2.18. The van der Waals surface area contributed by atoms with E-state index < -0.39 is 5.97 Å². The van der Waals surface area contributed by atoms with Gasteiger partial charge in [-0.25, -0.2) is 4.79 Å². The van der Waals surface area contributed by atoms with E-state index in [-0.39, 0.29) is 5.69 Å². The van der Waals surface area contributed by atoms with Gasteiger partial charge in [0.2, 0.25) is 0 Å². The van der Waals surface area contributed by atoms with Crippen LogP contribution in [-0.2, 0) is 11.2 Å². The minimum Gasteiger partial charge on any atom is -0.461 e. The minimum atomic E-state index is -0.498. The largest absolute Gasteiger partial charge is 0.461 e. The highest BCUT2D eigenvalue weighted by molar-refractivity contribution is 6.34. The van der Waals surface area contributed by atoms with Crippen molar-refractivity contribution in [1.82, 2.24) is 5.16 Å². The van der Waals surface area contributed by atoms with Gasteiger partial charge in [-0.05, 0) is 30.7 Å². The number of hydrogen-bond donors (Lipinski definition) is 0. The molecule has 0 amide bonds. The fraction of sp³-hybridized carbons (Fsp3) is 0.231. The molecular weight excluding hydrogens is 289 g/mol. The van der Waals surface area contributed by atoms with Crippen LogP contribution in [0.25, 0.3) is 0 Å². The number of benzene rings is 1. The second kappa shape index (κ2) is 6.08. The van der Waals surface area contributed by atoms with Crippen molar-refractivity contribution in [2.45, 2.75) is 13.3 Å². The molecule has 0 aliphatic rings. The molecule has 4 nitrogen and oxygen atoms in total. The zero-order valence-electron chi connectivity index (χ0n) is 10.2. The Morgan fingerprint density at radius 2 is 1.95 bits per heavy atom. The van der Waals surface area contributed by atoms with Crippen molar-refractivity contribution in [3.63, 3.8) is 0 Å². The third-order valence-electron chi connectivity index (χ3n) is 2.34. The van der Waals surface area contributed by atoms with Crippen molar-refractivity contribution in [2.24, 2.45) is 0 Å². The first-order valence-corrected chi connectivity index (χ1v) is 6.41. The third-order valence-corrected chi connectivity index (χ3v) is 2.78. The van der Waals surface area contributed by atoms with Gasteiger partial charge in [-0.3, -0.25) is 0 Å². The molecule has 1 heterocycles. The molecule has 0 bridgehead atoms. The zero-order chi connectivity index (χ0) is 13.8. The maximum atomic E-state index is 11.4. The maximum Gasteiger partial charge on any atom is 0.360 e. The van der Waals surface area contributed by atoms with Crippen molar-refractivity contribution >= 4 is 29.2 Å². The predicted octanol–water partition coefficient (Wildman–Crippen LogP) is 3.75. The average molecular weight is 300 g/mol. The topological polar surface area (TPSA) is 52.3 Å². The van der Waals surface area contributed by atoms with E-state index in [1.807, 2.05) is 0 Å². The van der Waals surface area contributed by atoms with Gasteiger partial charge in [-0.1, -0.05) is 28.4 Å². The lowest BCUT2D eigenvalue weighted by molar-refractivity contribution is 0.0514. The van der Waals surface area contributed by atoms with Gasteiger partial charge in [-0.2, -0.15) is 0 Å². The number of aromatic nitrogens is 1. The van der Waals surface area contributed by atoms with Gasteiger partial charge >= 0.3 is 5.97 Å². The van der Waals surface area contributed by atoms with Crippen LogP contribution in [0.4, 0.5) is 0 Å². The Morgan fingerprint density at radius 3 is 2.58 bits per heavy atom. The van der Waals surface area contributed by atoms with Gasteiger partial charge < -0.3 is 9.26 Å². The highest BCUT2D eigenvalue weighted by Gasteiger charge is 2.13. The molecule has 0 radical (unpaired) electrons. The van der Waals surface area contributed by atoms with E-state index in [1.165, 1.54) is 0 Å². The molecule has 100 valence electrons. The molecule has 0 N–H and O–H groups in total. The van der Waals surface area contributed by atoms with Crippen molar-refractivity contribution in [1.29, 1.82) is 0 Å². The van der Waals surface area contributed by atoms with Gasteiger partial charge in [0.15, 0.2) is 5.69 Å². The molecule has 6 heteroatoms. The van der Waals surface area contributed by atoms with Gasteiger partial charge in [0.1, 0.15) is 5.76 Å². The molecular formula is C13H11Cl2NO3. The summed E-state index contributed by atoms with van der Waals surface area (Å²) in [7, 11) is 0. The number of ether oxygens (including phenoxy) is 1. The normalized spacial score (nSPS) is 10.5. The smallest absolute Gasteiger partial charge is 0.360 e. The molecule has 2 aromatic rings. The number of halogens is 2. The summed E-state index contributed by atoms with van der Waals surface area (Å²) in [4.78, 5) is 11.4. The lowest BCUT2D eigenvalue weighted by Crippen LogP contribution is -2.04. The van der Waals surface area contributed by atoms with Crippen molar-refractivity contribution in [2.75, 3.05) is 6.61 Å². The van der Waals surface area contributed by atoms with Gasteiger partial charge in [-0.15, -0.1) is 0 Å². The van der Waals surface area contributed by atoms with Gasteiger partial charge in [0.25, 0.3) is 0 Å². The van der Waals surface area contributed by atoms with Gasteiger partial charge in [0.05, 0.1) is 6.61 Å². The van der Waals surface area contributed by atoms with Gasteiger partial charge in [0, 0.05) is 22.5 Å². The average Bonchev–Trinajstić information content (AvgIpc) is 2.76. The summed E-state index contributed by atoms with van der Waals surface area (Å²) in [5.41, 5.74) is 1.04. The molecule has 1 aromatic carbocycles. The number of carbonyl (C=O) groups excluding carboxylic acids is 1. The van der Waals surface area contributed by atoms with E-state index in [0.717, 1.165) is 5.56 Å². The Bertz CT molecular complexity index is 575. The second-order valence-electron chi connectivity index (χ2n) is 3.85. The molecule has 0 spiro atoms. The first-order chi connectivity index (χ1) is 9.08. The van der Waals surface area contributed by atoms with Crippen LogP contribution in [-0.4, -0.2) is 17.7 Å². The Morgan fingerprint density at radius 1 is 1.26 bits per heavy atom. The molecule has 0 saturated heterocycles. The molecule has 0 fully saturated rings. The highest BCUT2D eigenvalue weighted by atomic mass is 35.5. The molecule has 2 rings (SSSR count). The first-order valence-electron chi connectivity index (χ1n) is 5.66. The molecule has 19 heavy (non-hydrogen) atoms. The molecule has 0 atom stereocenters. The van der Waals surface area contributed by atoms with E-state index >= 15 is 0 Å². The van der Waals surface area contributed by atoms with E-state index in [1.54, 1.807) is 31.2 Å². The summed E-state index contributed by atoms with van der Waals surface area (Å²) in [6.45, 7) is 2.03. The lowest BCUT2D eigenvalue weighted by Gasteiger charge is -1.99. The zero-order valence-corrected chi connectivity index (χ0v) is 11.7. The summed E-state index contributed by atoms with van der Waals surface area (Å²) < 4.78 is 9.90. The Kier molecular flexibility index (Phi) is 4.45. The summed E-state index contributed by atoms with van der Waals surface area (Å²) in [6.07, 6.45) is 0.451. The number of hydrogen-bond acceptors (Lipinski definition) is 4. The standard InChI is InChI=1S/C13H11Cl2NO3/c1-2-18-13(17)12-7-11(19-16-12)5-8-3-9(14)6-10(15)4-8/h3-4,6-7H,2,5H2,1H3. The monoisotopic (exact) mass is 299 g/mol. The van der Waals surface area contributed by atoms with Crippen LogP contribution in [0.2, 0.25) is 10.0 Å². The summed E-state index contributed by atoms with van der Waals surface area (Å²) in [6, 6.07) is 6.75. The van der Waals surface area contributed by atoms with Crippen LogP contribution in [0.5, 0.6) is 0 Å². The fourth-order valence-electron chi connectivity index (χ4n) is 1.61. The molecule has 0 saturated carbocycles. The van der Waals surface area contributed by atoms with Crippen LogP contribution in [0.3, 0.4) is 0 Å². The second-order valence-corrected chi connectivity index (χ2v) is 4.73. The van der Waals surface area contributed by atoms with E-state index in [9.17, 15) is 4.79 Å². The highest BCUT2D eigenvalue weighted by Crippen LogP contribution is 2.21. The quantitative estimate of drug-likeness (QED) is 0.807. The van der Waals surface area contributed by atoms with Crippen LogP contribution in [0, 0.1) is 0 Å². The summed E-state index contributed by atoms with van der Waals surface area (Å²) >= 11 is 11.8. The first kappa shape index (κ1) is 13.9. The van der Waals surface area contributed by atoms with E-state index in [0.29, 0.717) is 28.8 Å². The van der Waals surface area contributed by atoms with Crippen LogP contribution in [0.1, 0.15) is 28.7 Å². The Balaban J connectivity index is 2.13. The van der Waals surface area contributed by atoms with Crippen molar-refractivity contribution < 1.29 is 14.1 Å². The van der Waals surface area contributed by atoms with Crippen molar-refractivity contribution in [3.8, 4) is 0 Å². The minimum absolute atomic E-state index is 0.157. The Labute approximate surface area is 120 Å². The van der Waals surface area contributed by atoms with E-state index in [4.69, 9.17) is 32.5 Å². The lowest BCUT2D eigenvalue weighted by atomic mass is 10.1. The number of nitrogens with zero attached hydrogens (tertiary/aromatic N) is 1. The van der Waals surface area contributed by atoms with Crippen LogP contribution >= 0.6 is 23.2 Å². The maximum absolute atomic E-state index is 11.4. The predicted molar refractivity (Wildman–Crippen MR) is 71.7 cm³/mol. The summed E-state index contributed by atoms with van der Waals surface area (Å²) in [5, 5.41) is 4.76. The number of rotatable bonds is 4. The molecule has 1 aromatic heterocycles. The molecule has 0 aliphatic carbocycles.